The van der Waals surface area contributed by atoms with E-state index in [4.69, 9.17) is 0 Å². The zero-order valence-electron chi connectivity index (χ0n) is 14.8. The molecule has 0 saturated heterocycles. The van der Waals surface area contributed by atoms with Crippen LogP contribution < -0.4 is 0 Å². The van der Waals surface area contributed by atoms with Crippen LogP contribution in [0, 0.1) is 0 Å². The molecule has 0 radical (unpaired) electrons. The van der Waals surface area contributed by atoms with Crippen LogP contribution in [-0.2, 0) is 6.18 Å². The Balaban J connectivity index is 2.14. The Morgan fingerprint density at radius 3 is 2.21 bits per heavy atom. The van der Waals surface area contributed by atoms with E-state index < -0.39 is 11.9 Å². The second kappa shape index (κ2) is 6.97. The molecule has 0 spiro atoms. The van der Waals surface area contributed by atoms with Gasteiger partial charge in [0.2, 0.25) is 0 Å². The first-order valence-corrected chi connectivity index (χ1v) is 8.55. The minimum Gasteiger partial charge on any atom is -0.508 e. The Hall–Kier alpha value is -3.81. The topological polar surface area (TPSA) is 71.2 Å². The minimum absolute atomic E-state index is 0.0136. The van der Waals surface area contributed by atoms with E-state index in [1.165, 1.54) is 24.4 Å². The summed E-state index contributed by atoms with van der Waals surface area (Å²) in [5.74, 6) is -0.597. The van der Waals surface area contributed by atoms with Crippen LogP contribution in [0.1, 0.15) is 5.69 Å². The van der Waals surface area contributed by atoms with E-state index in [0.29, 0.717) is 5.69 Å². The molecule has 29 heavy (non-hydrogen) atoms. The van der Waals surface area contributed by atoms with E-state index in [2.05, 4.69) is 10.1 Å². The lowest BCUT2D eigenvalue weighted by molar-refractivity contribution is -0.140. The van der Waals surface area contributed by atoms with Gasteiger partial charge in [-0.25, -0.2) is 4.68 Å². The van der Waals surface area contributed by atoms with Gasteiger partial charge in [0, 0.05) is 17.8 Å². The van der Waals surface area contributed by atoms with Gasteiger partial charge in [-0.05, 0) is 36.4 Å². The van der Waals surface area contributed by atoms with Gasteiger partial charge in [0.1, 0.15) is 11.5 Å². The molecule has 0 amide bonds. The Bertz CT molecular complexity index is 1160. The summed E-state index contributed by atoms with van der Waals surface area (Å²) in [6, 6.07) is 16.6. The van der Waals surface area contributed by atoms with Gasteiger partial charge in [-0.1, -0.05) is 24.3 Å². The minimum atomic E-state index is -4.76. The van der Waals surface area contributed by atoms with Crippen LogP contribution in [0.15, 0.2) is 72.9 Å². The predicted molar refractivity (Wildman–Crippen MR) is 101 cm³/mol. The van der Waals surface area contributed by atoms with Gasteiger partial charge in [0.15, 0.2) is 5.69 Å². The van der Waals surface area contributed by atoms with Gasteiger partial charge < -0.3 is 10.2 Å². The molecule has 8 heteroatoms. The fraction of sp³-hybridized carbons (Fsp3) is 0.0476. The quantitative estimate of drug-likeness (QED) is 0.509. The van der Waals surface area contributed by atoms with Crippen molar-refractivity contribution in [1.29, 1.82) is 0 Å². The number of benzene rings is 2. The van der Waals surface area contributed by atoms with E-state index in [1.54, 1.807) is 42.5 Å². The average Bonchev–Trinajstić information content (AvgIpc) is 3.10. The number of halogens is 3. The number of rotatable bonds is 3. The monoisotopic (exact) mass is 397 g/mol. The van der Waals surface area contributed by atoms with Crippen molar-refractivity contribution >= 4 is 0 Å². The highest BCUT2D eigenvalue weighted by Crippen LogP contribution is 2.45. The Kier molecular flexibility index (Phi) is 4.46. The normalized spacial score (nSPS) is 11.6. The summed E-state index contributed by atoms with van der Waals surface area (Å²) in [7, 11) is 0. The number of phenolic OH excluding ortho intramolecular Hbond substituents is 2. The highest BCUT2D eigenvalue weighted by molar-refractivity contribution is 5.85. The first kappa shape index (κ1) is 18.5. The highest BCUT2D eigenvalue weighted by atomic mass is 19.4. The smallest absolute Gasteiger partial charge is 0.435 e. The maximum absolute atomic E-state index is 13.9. The Labute approximate surface area is 163 Å². The fourth-order valence-corrected chi connectivity index (χ4v) is 3.09. The van der Waals surface area contributed by atoms with Gasteiger partial charge in [-0.15, -0.1) is 0 Å². The molecule has 0 atom stereocenters. The molecule has 0 aliphatic heterocycles. The molecule has 0 fully saturated rings. The van der Waals surface area contributed by atoms with Crippen molar-refractivity contribution in [2.45, 2.75) is 6.18 Å². The summed E-state index contributed by atoms with van der Waals surface area (Å²) in [5.41, 5.74) is -0.854. The summed E-state index contributed by atoms with van der Waals surface area (Å²) in [5, 5.41) is 23.9. The third kappa shape index (κ3) is 3.40. The van der Waals surface area contributed by atoms with E-state index in [0.717, 1.165) is 10.7 Å². The van der Waals surface area contributed by atoms with Crippen molar-refractivity contribution in [1.82, 2.24) is 14.8 Å². The van der Waals surface area contributed by atoms with Crippen molar-refractivity contribution in [2.75, 3.05) is 0 Å². The molecule has 2 N–H and O–H groups in total. The van der Waals surface area contributed by atoms with E-state index in [9.17, 15) is 23.4 Å². The average molecular weight is 397 g/mol. The molecule has 2 aromatic carbocycles. The zero-order valence-corrected chi connectivity index (χ0v) is 14.8. The first-order valence-electron chi connectivity index (χ1n) is 8.55. The molecule has 146 valence electrons. The van der Waals surface area contributed by atoms with Crippen molar-refractivity contribution < 1.29 is 23.4 Å². The standard InChI is InChI=1S/C21H14F3N3O2/c22-21(23,24)20-18(16-8-4-5-11-25-16)19(15-10-9-14(28)12-17(15)29)27(26-20)13-6-2-1-3-7-13/h1-12,28-29H. The number of para-hydroxylation sites is 1. The van der Waals surface area contributed by atoms with Crippen molar-refractivity contribution in [3.8, 4) is 39.7 Å². The lowest BCUT2D eigenvalue weighted by Crippen LogP contribution is -2.08. The van der Waals surface area contributed by atoms with E-state index >= 15 is 0 Å². The first-order chi connectivity index (χ1) is 13.9. The number of phenols is 2. The highest BCUT2D eigenvalue weighted by Gasteiger charge is 2.41. The largest absolute Gasteiger partial charge is 0.508 e. The zero-order chi connectivity index (χ0) is 20.6. The SMILES string of the molecule is Oc1ccc(-c2c(-c3ccccn3)c(C(F)(F)F)nn2-c2ccccc2)c(O)c1. The van der Waals surface area contributed by atoms with Crippen molar-refractivity contribution in [3.63, 3.8) is 0 Å². The molecular formula is C21H14F3N3O2. The number of aromatic nitrogens is 3. The number of hydrogen-bond donors (Lipinski definition) is 2. The molecule has 0 saturated carbocycles. The molecule has 0 unspecified atom stereocenters. The number of aromatic hydroxyl groups is 2. The van der Waals surface area contributed by atoms with Crippen LogP contribution in [0.3, 0.4) is 0 Å². The van der Waals surface area contributed by atoms with Crippen LogP contribution in [-0.4, -0.2) is 25.0 Å². The molecule has 0 aliphatic rings. The lowest BCUT2D eigenvalue weighted by Gasteiger charge is -2.12. The second-order valence-corrected chi connectivity index (χ2v) is 6.23. The van der Waals surface area contributed by atoms with Gasteiger partial charge in [-0.2, -0.15) is 18.3 Å². The summed E-state index contributed by atoms with van der Waals surface area (Å²) in [6.07, 6.45) is -3.37. The number of alkyl halides is 3. The summed E-state index contributed by atoms with van der Waals surface area (Å²) >= 11 is 0. The molecule has 4 rings (SSSR count). The van der Waals surface area contributed by atoms with E-state index in [1.807, 2.05) is 0 Å². The summed E-state index contributed by atoms with van der Waals surface area (Å²) in [4.78, 5) is 4.08. The summed E-state index contributed by atoms with van der Waals surface area (Å²) < 4.78 is 42.9. The molecule has 0 aliphatic carbocycles. The number of hydrogen-bond acceptors (Lipinski definition) is 4. The van der Waals surface area contributed by atoms with Gasteiger partial charge in [0.25, 0.3) is 0 Å². The van der Waals surface area contributed by atoms with Crippen molar-refractivity contribution in [2.24, 2.45) is 0 Å². The van der Waals surface area contributed by atoms with Gasteiger partial charge in [-0.3, -0.25) is 4.98 Å². The third-order valence-corrected chi connectivity index (χ3v) is 4.31. The molecule has 4 aromatic rings. The van der Waals surface area contributed by atoms with Gasteiger partial charge >= 0.3 is 6.18 Å². The van der Waals surface area contributed by atoms with Crippen LogP contribution >= 0.6 is 0 Å². The Morgan fingerprint density at radius 2 is 1.59 bits per heavy atom. The van der Waals surface area contributed by atoms with Gasteiger partial charge in [0.05, 0.1) is 22.6 Å². The van der Waals surface area contributed by atoms with E-state index in [-0.39, 0.29) is 34.0 Å². The van der Waals surface area contributed by atoms with Crippen LogP contribution in [0.4, 0.5) is 13.2 Å². The molecule has 5 nitrogen and oxygen atoms in total. The summed E-state index contributed by atoms with van der Waals surface area (Å²) in [6.45, 7) is 0. The predicted octanol–water partition coefficient (Wildman–Crippen LogP) is 5.03. The Morgan fingerprint density at radius 1 is 0.862 bits per heavy atom. The van der Waals surface area contributed by atoms with Crippen molar-refractivity contribution in [3.05, 3.63) is 78.6 Å². The van der Waals surface area contributed by atoms with Crippen LogP contribution in [0.5, 0.6) is 11.5 Å². The molecule has 0 bridgehead atoms. The number of nitrogens with zero attached hydrogens (tertiary/aromatic N) is 3. The molecule has 2 aromatic heterocycles. The molecule has 2 heterocycles. The van der Waals surface area contributed by atoms with Crippen LogP contribution in [0.25, 0.3) is 28.2 Å². The second-order valence-electron chi connectivity index (χ2n) is 6.23. The molecular weight excluding hydrogens is 383 g/mol. The fourth-order valence-electron chi connectivity index (χ4n) is 3.09. The van der Waals surface area contributed by atoms with Crippen LogP contribution in [0.2, 0.25) is 0 Å². The lowest BCUT2D eigenvalue weighted by atomic mass is 10.0. The maximum atomic E-state index is 13.9. The maximum Gasteiger partial charge on any atom is 0.435 e. The number of pyridine rings is 1. The third-order valence-electron chi connectivity index (χ3n) is 4.31.